The standard InChI is InChI=1S/C18H22N4O3S.HI/c1-25-17-5-2-4-15(12-17)21-18(19)20-13-14-6-8-16(9-7-14)22-10-3-11-26(22,23)24;/h2,4-9,12H,3,10-11,13H2,1H3,(H3,19,20,21);1H. The van der Waals surface area contributed by atoms with Crippen molar-refractivity contribution in [3.05, 3.63) is 54.1 Å². The van der Waals surface area contributed by atoms with E-state index in [9.17, 15) is 8.42 Å². The van der Waals surface area contributed by atoms with Crippen LogP contribution >= 0.6 is 24.0 Å². The van der Waals surface area contributed by atoms with Gasteiger partial charge in [0.15, 0.2) is 5.96 Å². The second kappa shape index (κ2) is 9.27. The molecular weight excluding hydrogens is 479 g/mol. The van der Waals surface area contributed by atoms with Gasteiger partial charge < -0.3 is 15.8 Å². The largest absolute Gasteiger partial charge is 0.497 e. The molecule has 0 bridgehead atoms. The van der Waals surface area contributed by atoms with Crippen LogP contribution in [-0.4, -0.2) is 33.8 Å². The van der Waals surface area contributed by atoms with Crippen molar-refractivity contribution in [3.63, 3.8) is 0 Å². The van der Waals surface area contributed by atoms with E-state index in [0.717, 1.165) is 17.0 Å². The molecule has 1 aliphatic heterocycles. The highest BCUT2D eigenvalue weighted by molar-refractivity contribution is 14.0. The van der Waals surface area contributed by atoms with Gasteiger partial charge >= 0.3 is 0 Å². The second-order valence-corrected chi connectivity index (χ2v) is 7.98. The van der Waals surface area contributed by atoms with Crippen LogP contribution in [0, 0.1) is 0 Å². The van der Waals surface area contributed by atoms with Crippen LogP contribution in [0.5, 0.6) is 5.75 Å². The summed E-state index contributed by atoms with van der Waals surface area (Å²) in [4.78, 5) is 4.31. The summed E-state index contributed by atoms with van der Waals surface area (Å²) in [5, 5.41) is 3.01. The van der Waals surface area contributed by atoms with Crippen molar-refractivity contribution in [2.24, 2.45) is 10.7 Å². The number of guanidine groups is 1. The first kappa shape index (κ1) is 21.3. The summed E-state index contributed by atoms with van der Waals surface area (Å²) in [7, 11) is -1.55. The number of nitrogens with zero attached hydrogens (tertiary/aromatic N) is 2. The maximum atomic E-state index is 12.0. The van der Waals surface area contributed by atoms with Gasteiger partial charge in [0.25, 0.3) is 0 Å². The van der Waals surface area contributed by atoms with E-state index in [1.165, 1.54) is 4.31 Å². The number of nitrogens with two attached hydrogens (primary N) is 1. The molecule has 0 aromatic heterocycles. The number of halogens is 1. The lowest BCUT2D eigenvalue weighted by molar-refractivity contribution is 0.415. The summed E-state index contributed by atoms with van der Waals surface area (Å²) >= 11 is 0. The zero-order valence-electron chi connectivity index (χ0n) is 15.0. The molecule has 2 aromatic carbocycles. The van der Waals surface area contributed by atoms with Crippen molar-refractivity contribution in [1.82, 2.24) is 0 Å². The Balaban J connectivity index is 0.00000261. The van der Waals surface area contributed by atoms with Gasteiger partial charge in [0.2, 0.25) is 10.0 Å². The van der Waals surface area contributed by atoms with E-state index >= 15 is 0 Å². The van der Waals surface area contributed by atoms with Crippen LogP contribution in [0.3, 0.4) is 0 Å². The van der Waals surface area contributed by atoms with Crippen LogP contribution in [0.15, 0.2) is 53.5 Å². The Hall–Kier alpha value is -2.01. The van der Waals surface area contributed by atoms with E-state index in [1.807, 2.05) is 36.4 Å². The van der Waals surface area contributed by atoms with Crippen LogP contribution in [0.1, 0.15) is 12.0 Å². The van der Waals surface area contributed by atoms with Gasteiger partial charge in [0.05, 0.1) is 25.1 Å². The van der Waals surface area contributed by atoms with Crippen LogP contribution in [-0.2, 0) is 16.6 Å². The summed E-state index contributed by atoms with van der Waals surface area (Å²) < 4.78 is 30.5. The van der Waals surface area contributed by atoms with Crippen molar-refractivity contribution in [2.75, 3.05) is 29.0 Å². The number of benzene rings is 2. The third kappa shape index (κ3) is 5.48. The average Bonchev–Trinajstić information content (AvgIpc) is 3.00. The number of nitrogens with one attached hydrogen (secondary N) is 1. The number of aliphatic imine (C=N–C) groups is 1. The quantitative estimate of drug-likeness (QED) is 0.373. The third-order valence-electron chi connectivity index (χ3n) is 4.10. The molecule has 1 saturated heterocycles. The zero-order chi connectivity index (χ0) is 18.6. The summed E-state index contributed by atoms with van der Waals surface area (Å²) in [5.74, 6) is 1.24. The van der Waals surface area contributed by atoms with Crippen molar-refractivity contribution < 1.29 is 13.2 Å². The lowest BCUT2D eigenvalue weighted by Crippen LogP contribution is -2.25. The highest BCUT2D eigenvalue weighted by atomic mass is 127. The van der Waals surface area contributed by atoms with Crippen molar-refractivity contribution in [2.45, 2.75) is 13.0 Å². The summed E-state index contributed by atoms with van der Waals surface area (Å²) in [6, 6.07) is 14.7. The first-order valence-electron chi connectivity index (χ1n) is 8.28. The number of hydrogen-bond donors (Lipinski definition) is 2. The first-order chi connectivity index (χ1) is 12.5. The second-order valence-electron chi connectivity index (χ2n) is 5.97. The van der Waals surface area contributed by atoms with Gasteiger partial charge in [0.1, 0.15) is 5.75 Å². The fourth-order valence-electron chi connectivity index (χ4n) is 2.76. The SMILES string of the molecule is COc1cccc(NC(N)=NCc2ccc(N3CCCS3(=O)=O)cc2)c1.I. The highest BCUT2D eigenvalue weighted by Crippen LogP contribution is 2.24. The highest BCUT2D eigenvalue weighted by Gasteiger charge is 2.28. The van der Waals surface area contributed by atoms with E-state index in [4.69, 9.17) is 10.5 Å². The van der Waals surface area contributed by atoms with E-state index < -0.39 is 10.0 Å². The minimum absolute atomic E-state index is 0. The molecule has 0 unspecified atom stereocenters. The predicted octanol–water partition coefficient (Wildman–Crippen LogP) is 2.78. The van der Waals surface area contributed by atoms with Crippen molar-refractivity contribution >= 4 is 51.3 Å². The molecule has 0 atom stereocenters. The van der Waals surface area contributed by atoms with E-state index in [1.54, 1.807) is 19.2 Å². The topological polar surface area (TPSA) is 97.0 Å². The Morgan fingerprint density at radius 1 is 1.26 bits per heavy atom. The van der Waals surface area contributed by atoms with Gasteiger partial charge in [-0.3, -0.25) is 4.31 Å². The lowest BCUT2D eigenvalue weighted by Gasteiger charge is -2.16. The van der Waals surface area contributed by atoms with Crippen LogP contribution in [0.25, 0.3) is 0 Å². The van der Waals surface area contributed by atoms with Gasteiger partial charge in [-0.25, -0.2) is 13.4 Å². The number of sulfonamides is 1. The fraction of sp³-hybridized carbons (Fsp3) is 0.278. The molecule has 0 saturated carbocycles. The summed E-state index contributed by atoms with van der Waals surface area (Å²) in [6.45, 7) is 0.938. The predicted molar refractivity (Wildman–Crippen MR) is 120 cm³/mol. The summed E-state index contributed by atoms with van der Waals surface area (Å²) in [6.07, 6.45) is 0.668. The maximum absolute atomic E-state index is 12.0. The normalized spacial score (nSPS) is 15.9. The maximum Gasteiger partial charge on any atom is 0.235 e. The molecule has 7 nitrogen and oxygen atoms in total. The number of hydrogen-bond acceptors (Lipinski definition) is 4. The fourth-order valence-corrected chi connectivity index (χ4v) is 4.33. The molecule has 3 N–H and O–H groups in total. The molecule has 1 fully saturated rings. The Kier molecular flexibility index (Phi) is 7.31. The van der Waals surface area contributed by atoms with E-state index in [-0.39, 0.29) is 29.7 Å². The molecule has 9 heteroatoms. The molecular formula is C18H23IN4O3S. The van der Waals surface area contributed by atoms with Gasteiger partial charge in [-0.1, -0.05) is 18.2 Å². The molecule has 1 aliphatic rings. The lowest BCUT2D eigenvalue weighted by atomic mass is 10.2. The molecule has 0 spiro atoms. The molecule has 1 heterocycles. The molecule has 2 aromatic rings. The van der Waals surface area contributed by atoms with Crippen LogP contribution in [0.4, 0.5) is 11.4 Å². The van der Waals surface area contributed by atoms with Crippen molar-refractivity contribution in [3.8, 4) is 5.75 Å². The number of anilines is 2. The number of ether oxygens (including phenoxy) is 1. The molecule has 0 aliphatic carbocycles. The molecule has 27 heavy (non-hydrogen) atoms. The van der Waals surface area contributed by atoms with Gasteiger partial charge in [-0.05, 0) is 36.2 Å². The Labute approximate surface area is 176 Å². The number of rotatable bonds is 5. The van der Waals surface area contributed by atoms with Crippen LogP contribution in [0.2, 0.25) is 0 Å². The van der Waals surface area contributed by atoms with E-state index in [2.05, 4.69) is 10.3 Å². The molecule has 3 rings (SSSR count). The van der Waals surface area contributed by atoms with Gasteiger partial charge in [-0.2, -0.15) is 0 Å². The zero-order valence-corrected chi connectivity index (χ0v) is 18.1. The Bertz CT molecular complexity index is 901. The smallest absolute Gasteiger partial charge is 0.235 e. The van der Waals surface area contributed by atoms with Crippen molar-refractivity contribution in [1.29, 1.82) is 0 Å². The van der Waals surface area contributed by atoms with Gasteiger partial charge in [0, 0.05) is 18.3 Å². The summed E-state index contributed by atoms with van der Waals surface area (Å²) in [5.41, 5.74) is 8.35. The number of methoxy groups -OCH3 is 1. The Morgan fingerprint density at radius 3 is 2.63 bits per heavy atom. The van der Waals surface area contributed by atoms with Crippen LogP contribution < -0.4 is 20.1 Å². The minimum atomic E-state index is -3.15. The third-order valence-corrected chi connectivity index (χ3v) is 5.97. The van der Waals surface area contributed by atoms with Gasteiger partial charge in [-0.15, -0.1) is 24.0 Å². The molecule has 146 valence electrons. The average molecular weight is 502 g/mol. The molecule has 0 radical (unpaired) electrons. The van der Waals surface area contributed by atoms with E-state index in [0.29, 0.717) is 31.2 Å². The Morgan fingerprint density at radius 2 is 2.00 bits per heavy atom. The molecule has 0 amide bonds. The first-order valence-corrected chi connectivity index (χ1v) is 9.89. The monoisotopic (exact) mass is 502 g/mol. The minimum Gasteiger partial charge on any atom is -0.497 e.